The number of hydrogen-bond donors (Lipinski definition) is 1. The Morgan fingerprint density at radius 3 is 2.63 bits per heavy atom. The van der Waals surface area contributed by atoms with Crippen molar-refractivity contribution in [2.75, 3.05) is 32.0 Å². The molecule has 0 saturated carbocycles. The minimum atomic E-state index is -3.53. The topological polar surface area (TPSA) is 95.5 Å². The molecule has 30 heavy (non-hydrogen) atoms. The fraction of sp³-hybridized carbons (Fsp3) is 0.476. The minimum absolute atomic E-state index is 0.0424. The van der Waals surface area contributed by atoms with Crippen molar-refractivity contribution in [3.63, 3.8) is 0 Å². The Labute approximate surface area is 177 Å². The number of rotatable bonds is 4. The maximum atomic E-state index is 13.1. The summed E-state index contributed by atoms with van der Waals surface area (Å²) in [5.74, 6) is 1.40. The van der Waals surface area contributed by atoms with E-state index in [0.29, 0.717) is 43.3 Å². The molecule has 0 aliphatic carbocycles. The van der Waals surface area contributed by atoms with Crippen LogP contribution in [0, 0.1) is 0 Å². The van der Waals surface area contributed by atoms with E-state index in [2.05, 4.69) is 5.32 Å². The molecule has 1 saturated heterocycles. The van der Waals surface area contributed by atoms with Crippen molar-refractivity contribution < 1.29 is 13.2 Å². The van der Waals surface area contributed by atoms with Gasteiger partial charge in [-0.25, -0.2) is 18.4 Å². The number of carbonyl (C=O) groups is 1. The van der Waals surface area contributed by atoms with E-state index >= 15 is 0 Å². The molecule has 9 heteroatoms. The lowest BCUT2D eigenvalue weighted by Gasteiger charge is -2.33. The zero-order valence-corrected chi connectivity index (χ0v) is 18.2. The molecule has 0 unspecified atom stereocenters. The first kappa shape index (κ1) is 20.7. The normalized spacial score (nSPS) is 19.9. The highest BCUT2D eigenvalue weighted by atomic mass is 32.2. The van der Waals surface area contributed by atoms with Crippen molar-refractivity contribution in [2.24, 2.45) is 0 Å². The Morgan fingerprint density at radius 2 is 1.93 bits per heavy atom. The van der Waals surface area contributed by atoms with Gasteiger partial charge in [0.25, 0.3) is 0 Å². The molecule has 0 bridgehead atoms. The first-order chi connectivity index (χ1) is 14.4. The van der Waals surface area contributed by atoms with E-state index in [1.807, 2.05) is 13.1 Å². The average Bonchev–Trinajstić information content (AvgIpc) is 2.78. The maximum absolute atomic E-state index is 13.1. The molecule has 8 nitrogen and oxygen atoms in total. The highest BCUT2D eigenvalue weighted by molar-refractivity contribution is 7.89. The summed E-state index contributed by atoms with van der Waals surface area (Å²) in [5, 5.41) is 3.14. The monoisotopic (exact) mass is 429 g/mol. The first-order valence-corrected chi connectivity index (χ1v) is 11.7. The molecule has 1 aromatic heterocycles. The number of piperidine rings is 1. The Hall–Kier alpha value is -2.52. The van der Waals surface area contributed by atoms with E-state index in [0.717, 1.165) is 29.9 Å². The second kappa shape index (κ2) is 8.31. The predicted octanol–water partition coefficient (Wildman–Crippen LogP) is 1.99. The van der Waals surface area contributed by atoms with E-state index in [-0.39, 0.29) is 11.8 Å². The summed E-state index contributed by atoms with van der Waals surface area (Å²) >= 11 is 0. The van der Waals surface area contributed by atoms with Gasteiger partial charge in [0, 0.05) is 51.5 Å². The van der Waals surface area contributed by atoms with Crippen LogP contribution in [-0.4, -0.2) is 60.2 Å². The highest BCUT2D eigenvalue weighted by Crippen LogP contribution is 2.31. The van der Waals surface area contributed by atoms with Crippen molar-refractivity contribution in [3.8, 4) is 0 Å². The zero-order chi connectivity index (χ0) is 21.3. The molecule has 0 radical (unpaired) electrons. The summed E-state index contributed by atoms with van der Waals surface area (Å²) in [5.41, 5.74) is 1.90. The van der Waals surface area contributed by atoms with Crippen molar-refractivity contribution in [2.45, 2.75) is 43.5 Å². The molecule has 2 aromatic rings. The predicted molar refractivity (Wildman–Crippen MR) is 114 cm³/mol. The van der Waals surface area contributed by atoms with Gasteiger partial charge in [-0.2, -0.15) is 4.31 Å². The molecule has 1 fully saturated rings. The first-order valence-electron chi connectivity index (χ1n) is 10.3. The van der Waals surface area contributed by atoms with Gasteiger partial charge in [-0.15, -0.1) is 0 Å². The lowest BCUT2D eigenvalue weighted by molar-refractivity contribution is -0.129. The number of nitrogens with one attached hydrogen (secondary N) is 1. The number of benzene rings is 1. The number of nitrogens with zero attached hydrogens (tertiary/aromatic N) is 4. The third-order valence-electron chi connectivity index (χ3n) is 5.89. The Bertz CT molecular complexity index is 1020. The summed E-state index contributed by atoms with van der Waals surface area (Å²) in [4.78, 5) is 23.4. The van der Waals surface area contributed by atoms with Crippen LogP contribution in [0.25, 0.3) is 0 Å². The third-order valence-corrected chi connectivity index (χ3v) is 7.77. The van der Waals surface area contributed by atoms with Crippen LogP contribution < -0.4 is 5.32 Å². The number of amides is 1. The molecule has 1 atom stereocenters. The zero-order valence-electron chi connectivity index (χ0n) is 17.3. The summed E-state index contributed by atoms with van der Waals surface area (Å²) < 4.78 is 27.7. The van der Waals surface area contributed by atoms with E-state index in [4.69, 9.17) is 9.97 Å². The molecule has 1 amide bonds. The summed E-state index contributed by atoms with van der Waals surface area (Å²) in [6.45, 7) is 3.59. The van der Waals surface area contributed by atoms with Crippen LogP contribution in [0.1, 0.15) is 42.8 Å². The number of hydrogen-bond acceptors (Lipinski definition) is 6. The van der Waals surface area contributed by atoms with E-state index in [1.165, 1.54) is 0 Å². The lowest BCUT2D eigenvalue weighted by Crippen LogP contribution is -2.40. The van der Waals surface area contributed by atoms with Crippen LogP contribution in [0.4, 0.5) is 5.82 Å². The molecule has 0 spiro atoms. The van der Waals surface area contributed by atoms with Gasteiger partial charge in [0.1, 0.15) is 11.6 Å². The largest absolute Gasteiger partial charge is 0.373 e. The minimum Gasteiger partial charge on any atom is -0.373 e. The summed E-state index contributed by atoms with van der Waals surface area (Å²) in [6, 6.07) is 8.56. The number of fused-ring (bicyclic) bond motifs is 1. The van der Waals surface area contributed by atoms with Crippen molar-refractivity contribution in [1.82, 2.24) is 19.2 Å². The quantitative estimate of drug-likeness (QED) is 0.799. The van der Waals surface area contributed by atoms with Gasteiger partial charge < -0.3 is 10.2 Å². The SMILES string of the molecule is CNc1nc([C@H]2CCCN(S(=O)(=O)c3ccccc3)C2)nc2c1CN(C(C)=O)CC2. The van der Waals surface area contributed by atoms with Gasteiger partial charge in [0.05, 0.1) is 17.1 Å². The molecule has 2 aliphatic rings. The van der Waals surface area contributed by atoms with Crippen LogP contribution in [-0.2, 0) is 27.8 Å². The number of aromatic nitrogens is 2. The molecular formula is C21H27N5O3S. The third kappa shape index (κ3) is 3.91. The van der Waals surface area contributed by atoms with Gasteiger partial charge in [0.15, 0.2) is 0 Å². The van der Waals surface area contributed by atoms with Crippen LogP contribution >= 0.6 is 0 Å². The van der Waals surface area contributed by atoms with Gasteiger partial charge in [-0.3, -0.25) is 4.79 Å². The molecular weight excluding hydrogens is 402 g/mol. The van der Waals surface area contributed by atoms with Crippen molar-refractivity contribution in [1.29, 1.82) is 0 Å². The molecule has 4 rings (SSSR count). The summed E-state index contributed by atoms with van der Waals surface area (Å²) in [6.07, 6.45) is 2.30. The molecule has 160 valence electrons. The van der Waals surface area contributed by atoms with Gasteiger partial charge in [-0.05, 0) is 25.0 Å². The van der Waals surface area contributed by atoms with E-state index in [1.54, 1.807) is 40.4 Å². The van der Waals surface area contributed by atoms with Crippen molar-refractivity contribution in [3.05, 3.63) is 47.4 Å². The second-order valence-electron chi connectivity index (χ2n) is 7.81. The van der Waals surface area contributed by atoms with Crippen LogP contribution in [0.15, 0.2) is 35.2 Å². The lowest BCUT2D eigenvalue weighted by atomic mass is 9.97. The molecule has 3 heterocycles. The number of anilines is 1. The molecule has 2 aliphatic heterocycles. The van der Waals surface area contributed by atoms with Gasteiger partial charge in [-0.1, -0.05) is 18.2 Å². The Kier molecular flexibility index (Phi) is 5.75. The number of sulfonamides is 1. The van der Waals surface area contributed by atoms with Crippen LogP contribution in [0.3, 0.4) is 0 Å². The van der Waals surface area contributed by atoms with E-state index in [9.17, 15) is 13.2 Å². The van der Waals surface area contributed by atoms with Crippen LogP contribution in [0.5, 0.6) is 0 Å². The Balaban J connectivity index is 1.61. The fourth-order valence-corrected chi connectivity index (χ4v) is 5.75. The van der Waals surface area contributed by atoms with E-state index < -0.39 is 10.0 Å². The standard InChI is InChI=1S/C21H27N5O3S/c1-15(27)25-12-10-19-18(14-25)21(22-2)24-20(23-19)16-7-6-11-26(13-16)30(28,29)17-8-4-3-5-9-17/h3-5,8-9,16H,6-7,10-14H2,1-2H3,(H,22,23,24)/t16-/m0/s1. The van der Waals surface area contributed by atoms with Crippen molar-refractivity contribution >= 4 is 21.7 Å². The maximum Gasteiger partial charge on any atom is 0.243 e. The smallest absolute Gasteiger partial charge is 0.243 e. The van der Waals surface area contributed by atoms with Crippen LogP contribution in [0.2, 0.25) is 0 Å². The average molecular weight is 430 g/mol. The Morgan fingerprint density at radius 1 is 1.17 bits per heavy atom. The van der Waals surface area contributed by atoms with Gasteiger partial charge in [0.2, 0.25) is 15.9 Å². The molecule has 1 aromatic carbocycles. The summed E-state index contributed by atoms with van der Waals surface area (Å²) in [7, 11) is -1.72. The van der Waals surface area contributed by atoms with Gasteiger partial charge >= 0.3 is 0 Å². The highest BCUT2D eigenvalue weighted by Gasteiger charge is 2.33. The second-order valence-corrected chi connectivity index (χ2v) is 9.75. The number of carbonyl (C=O) groups excluding carboxylic acids is 1. The fourth-order valence-electron chi connectivity index (χ4n) is 4.20. The molecule has 1 N–H and O–H groups in total.